The molecule has 0 unspecified atom stereocenters. The Morgan fingerprint density at radius 1 is 0.750 bits per heavy atom. The van der Waals surface area contributed by atoms with E-state index in [4.69, 9.17) is 0 Å². The van der Waals surface area contributed by atoms with Crippen molar-refractivity contribution >= 4 is 24.3 Å². The summed E-state index contributed by atoms with van der Waals surface area (Å²) in [6, 6.07) is 4.44. The molecule has 0 aliphatic heterocycles. The topological polar surface area (TPSA) is 0 Å². The first kappa shape index (κ1) is 18.2. The van der Waals surface area contributed by atoms with Gasteiger partial charge in [0.05, 0.1) is 0 Å². The van der Waals surface area contributed by atoms with Crippen LogP contribution in [0.1, 0.15) is 57.9 Å². The van der Waals surface area contributed by atoms with Gasteiger partial charge in [-0.1, -0.05) is 89.9 Å². The van der Waals surface area contributed by atoms with E-state index in [-0.39, 0.29) is 22.3 Å². The van der Waals surface area contributed by atoms with Gasteiger partial charge >= 0.3 is 0 Å². The zero-order chi connectivity index (χ0) is 11.7. The maximum absolute atomic E-state index is 2.27. The summed E-state index contributed by atoms with van der Waals surface area (Å²) in [4.78, 5) is 0. The summed E-state index contributed by atoms with van der Waals surface area (Å²) in [7, 11) is 0. The van der Waals surface area contributed by atoms with Crippen LogP contribution < -0.4 is 0 Å². The Kier molecular flexibility index (Phi) is 6.99. The molecule has 1 aromatic rings. The summed E-state index contributed by atoms with van der Waals surface area (Å²) in [5.74, 6) is 0.517. The minimum atomic E-state index is 0. The molecule has 1 aromatic carbocycles. The first-order chi connectivity index (χ1) is 8.34. The Labute approximate surface area is 125 Å². The molecule has 0 heteroatoms. The molecule has 20 heavy (non-hydrogen) atoms. The molecule has 0 heterocycles. The average molecular weight is 268 g/mol. The quantitative estimate of drug-likeness (QED) is 0.491. The van der Waals surface area contributed by atoms with Gasteiger partial charge in [-0.15, -0.1) is 0 Å². The van der Waals surface area contributed by atoms with Crippen LogP contribution in [0.5, 0.6) is 0 Å². The molecule has 0 N–H and O–H groups in total. The van der Waals surface area contributed by atoms with E-state index < -0.39 is 0 Å². The third-order valence-corrected chi connectivity index (χ3v) is 3.35. The van der Waals surface area contributed by atoms with Crippen molar-refractivity contribution < 1.29 is 0 Å². The molecule has 1 atom stereocenters. The molecule has 2 aliphatic carbocycles. The van der Waals surface area contributed by atoms with E-state index in [9.17, 15) is 0 Å². The number of hydrogen-bond donors (Lipinski definition) is 0. The largest absolute Gasteiger partial charge is 0.0801 e. The van der Waals surface area contributed by atoms with Crippen LogP contribution in [0.15, 0.2) is 36.4 Å². The van der Waals surface area contributed by atoms with E-state index in [1.54, 1.807) is 0 Å². The van der Waals surface area contributed by atoms with Gasteiger partial charge in [0.2, 0.25) is 0 Å². The molecule has 0 radical (unpaired) electrons. The third kappa shape index (κ3) is 3.39. The molecule has 0 nitrogen and oxygen atoms in total. The predicted octanol–water partition coefficient (Wildman–Crippen LogP) is 6.70. The van der Waals surface area contributed by atoms with Gasteiger partial charge in [0.15, 0.2) is 0 Å². The van der Waals surface area contributed by atoms with Crippen molar-refractivity contribution in [2.45, 2.75) is 35.6 Å². The second-order valence-corrected chi connectivity index (χ2v) is 4.69. The van der Waals surface area contributed by atoms with Crippen LogP contribution in [-0.4, -0.2) is 0 Å². The normalized spacial score (nSPS) is 17.6. The lowest BCUT2D eigenvalue weighted by atomic mass is 9.96. The Balaban J connectivity index is 0.00000120. The number of rotatable bonds is 0. The molecule has 2 aliphatic rings. The van der Waals surface area contributed by atoms with Crippen molar-refractivity contribution in [3.05, 3.63) is 58.7 Å². The van der Waals surface area contributed by atoms with E-state index in [0.29, 0.717) is 5.92 Å². The van der Waals surface area contributed by atoms with Crippen LogP contribution in [0, 0.1) is 5.92 Å². The van der Waals surface area contributed by atoms with Gasteiger partial charge in [-0.25, -0.2) is 0 Å². The Bertz CT molecular complexity index is 554. The first-order valence-electron chi connectivity index (χ1n) is 6.21. The van der Waals surface area contributed by atoms with Crippen molar-refractivity contribution in [1.29, 1.82) is 0 Å². The Hall–Kier alpha value is -1.82. The maximum atomic E-state index is 2.27. The van der Waals surface area contributed by atoms with Crippen molar-refractivity contribution in [1.82, 2.24) is 0 Å². The Morgan fingerprint density at radius 3 is 2.05 bits per heavy atom. The third-order valence-electron chi connectivity index (χ3n) is 3.35. The van der Waals surface area contributed by atoms with Gasteiger partial charge in [0, 0.05) is 0 Å². The standard InChI is InChI=1S/C17H16.3CH4/c1-13-7-9-15-11-10-14-5-3-2-4-6-16(14)17(15)12-8-13;;;/h3-13H,2H2,1H3;3*1H4/t13-;;;/m0.../s1. The second kappa shape index (κ2) is 7.69. The van der Waals surface area contributed by atoms with Gasteiger partial charge in [0.25, 0.3) is 0 Å². The molecular weight excluding hydrogens is 240 g/mol. The van der Waals surface area contributed by atoms with E-state index in [0.717, 1.165) is 6.42 Å². The molecule has 0 aromatic heterocycles. The summed E-state index contributed by atoms with van der Waals surface area (Å²) >= 11 is 0. The summed E-state index contributed by atoms with van der Waals surface area (Å²) < 4.78 is 0. The first-order valence-corrected chi connectivity index (χ1v) is 6.21. The van der Waals surface area contributed by atoms with E-state index in [1.807, 2.05) is 0 Å². The molecule has 3 rings (SSSR count). The molecule has 0 amide bonds. The van der Waals surface area contributed by atoms with Crippen LogP contribution in [0.2, 0.25) is 0 Å². The highest BCUT2D eigenvalue weighted by molar-refractivity contribution is 5.81. The van der Waals surface area contributed by atoms with Crippen molar-refractivity contribution in [2.75, 3.05) is 0 Å². The highest BCUT2D eigenvalue weighted by Gasteiger charge is 2.09. The van der Waals surface area contributed by atoms with E-state index >= 15 is 0 Å². The number of hydrogen-bond acceptors (Lipinski definition) is 0. The van der Waals surface area contributed by atoms with Crippen LogP contribution in [-0.2, 0) is 0 Å². The SMILES string of the molecule is C.C.C.C[C@H]1C=Cc2ccc3c(c2C=C1)C=CCC=C3. The maximum Gasteiger partial charge on any atom is -0.00752 e. The highest BCUT2D eigenvalue weighted by atomic mass is 14.1. The lowest BCUT2D eigenvalue weighted by Gasteiger charge is -2.09. The lowest BCUT2D eigenvalue weighted by molar-refractivity contribution is 0.954. The molecule has 108 valence electrons. The van der Waals surface area contributed by atoms with Gasteiger partial charge < -0.3 is 0 Å². The highest BCUT2D eigenvalue weighted by Crippen LogP contribution is 2.29. The molecular formula is C20H28. The summed E-state index contributed by atoms with van der Waals surface area (Å²) in [5, 5.41) is 0. The fourth-order valence-electron chi connectivity index (χ4n) is 2.36. The minimum absolute atomic E-state index is 0. The number of allylic oxidation sites excluding steroid dienone is 4. The number of benzene rings is 1. The Morgan fingerprint density at radius 2 is 1.30 bits per heavy atom. The summed E-state index contributed by atoms with van der Waals surface area (Å²) in [6.45, 7) is 2.22. The monoisotopic (exact) mass is 268 g/mol. The van der Waals surface area contributed by atoms with Gasteiger partial charge in [-0.05, 0) is 34.6 Å². The van der Waals surface area contributed by atoms with Crippen LogP contribution >= 0.6 is 0 Å². The van der Waals surface area contributed by atoms with Crippen molar-refractivity contribution in [2.24, 2.45) is 5.92 Å². The van der Waals surface area contributed by atoms with E-state index in [2.05, 4.69) is 67.7 Å². The fourth-order valence-corrected chi connectivity index (χ4v) is 2.36. The van der Waals surface area contributed by atoms with Gasteiger partial charge in [-0.2, -0.15) is 0 Å². The lowest BCUT2D eigenvalue weighted by Crippen LogP contribution is -1.89. The molecule has 0 bridgehead atoms. The van der Waals surface area contributed by atoms with Crippen LogP contribution in [0.4, 0.5) is 0 Å². The predicted molar refractivity (Wildman–Crippen MR) is 96.6 cm³/mol. The average Bonchev–Trinajstić information content (AvgIpc) is 2.67. The van der Waals surface area contributed by atoms with Gasteiger partial charge in [0.1, 0.15) is 0 Å². The molecule has 0 saturated carbocycles. The second-order valence-electron chi connectivity index (χ2n) is 4.69. The minimum Gasteiger partial charge on any atom is -0.0801 e. The summed E-state index contributed by atoms with van der Waals surface area (Å²) in [6.07, 6.45) is 19.0. The smallest absolute Gasteiger partial charge is 0.00752 e. The fraction of sp³-hybridized carbons (Fsp3) is 0.300. The van der Waals surface area contributed by atoms with Crippen LogP contribution in [0.25, 0.3) is 24.3 Å². The van der Waals surface area contributed by atoms with Gasteiger partial charge in [-0.3, -0.25) is 0 Å². The molecule has 0 saturated heterocycles. The van der Waals surface area contributed by atoms with E-state index in [1.165, 1.54) is 22.3 Å². The summed E-state index contributed by atoms with van der Waals surface area (Å²) in [5.41, 5.74) is 5.35. The zero-order valence-corrected chi connectivity index (χ0v) is 10.1. The van der Waals surface area contributed by atoms with Crippen molar-refractivity contribution in [3.63, 3.8) is 0 Å². The van der Waals surface area contributed by atoms with Crippen molar-refractivity contribution in [3.8, 4) is 0 Å². The van der Waals surface area contributed by atoms with Crippen LogP contribution in [0.3, 0.4) is 0 Å². The molecule has 0 fully saturated rings. The number of fused-ring (bicyclic) bond motifs is 3. The molecule has 0 spiro atoms. The zero-order valence-electron chi connectivity index (χ0n) is 10.1.